The average Bonchev–Trinajstić information content (AvgIpc) is 2.49. The van der Waals surface area contributed by atoms with Gasteiger partial charge in [-0.2, -0.15) is 16.1 Å². The Kier molecular flexibility index (Phi) is 5.71. The lowest BCUT2D eigenvalue weighted by atomic mass is 10.1. The van der Waals surface area contributed by atoms with E-state index >= 15 is 0 Å². The molecular weight excluding hydrogens is 304 g/mol. The predicted molar refractivity (Wildman–Crippen MR) is 89.2 cm³/mol. The lowest BCUT2D eigenvalue weighted by Gasteiger charge is -2.31. The molecule has 0 amide bonds. The maximum Gasteiger partial charge on any atom is 0.243 e. The summed E-state index contributed by atoms with van der Waals surface area (Å²) >= 11 is 1.88. The second-order valence-corrected chi connectivity index (χ2v) is 8.73. The van der Waals surface area contributed by atoms with Crippen LogP contribution in [-0.4, -0.2) is 43.9 Å². The van der Waals surface area contributed by atoms with Gasteiger partial charge in [0.2, 0.25) is 10.0 Å². The van der Waals surface area contributed by atoms with Crippen LogP contribution in [0.5, 0.6) is 0 Å². The number of nitrogens with one attached hydrogen (secondary N) is 1. The highest BCUT2D eigenvalue weighted by molar-refractivity contribution is 8.00. The monoisotopic (exact) mass is 328 g/mol. The summed E-state index contributed by atoms with van der Waals surface area (Å²) < 4.78 is 27.3. The Labute approximate surface area is 132 Å². The van der Waals surface area contributed by atoms with Crippen LogP contribution in [0, 0.1) is 6.92 Å². The minimum absolute atomic E-state index is 0.413. The molecule has 0 radical (unpaired) electrons. The van der Waals surface area contributed by atoms with Gasteiger partial charge in [0, 0.05) is 30.6 Å². The van der Waals surface area contributed by atoms with E-state index < -0.39 is 10.0 Å². The highest BCUT2D eigenvalue weighted by Gasteiger charge is 2.30. The Morgan fingerprint density at radius 2 is 2.19 bits per heavy atom. The van der Waals surface area contributed by atoms with Crippen molar-refractivity contribution in [3.8, 4) is 0 Å². The van der Waals surface area contributed by atoms with Crippen molar-refractivity contribution in [3.63, 3.8) is 0 Å². The smallest absolute Gasteiger partial charge is 0.243 e. The molecule has 1 aromatic rings. The molecule has 0 saturated carbocycles. The minimum atomic E-state index is -3.37. The van der Waals surface area contributed by atoms with Gasteiger partial charge in [0.15, 0.2) is 0 Å². The maximum absolute atomic E-state index is 12.8. The normalized spacial score (nSPS) is 20.6. The summed E-state index contributed by atoms with van der Waals surface area (Å²) in [5.74, 6) is 0.882. The first-order valence-electron chi connectivity index (χ1n) is 7.35. The third kappa shape index (κ3) is 3.80. The number of aryl methyl sites for hydroxylation is 1. The van der Waals surface area contributed by atoms with Crippen LogP contribution in [0.1, 0.15) is 24.5 Å². The van der Waals surface area contributed by atoms with E-state index in [2.05, 4.69) is 12.2 Å². The largest absolute Gasteiger partial charge is 0.316 e. The van der Waals surface area contributed by atoms with Gasteiger partial charge in [-0.25, -0.2) is 8.42 Å². The number of nitrogens with zero attached hydrogens (tertiary/aromatic N) is 1. The first kappa shape index (κ1) is 16.8. The lowest BCUT2D eigenvalue weighted by molar-refractivity contribution is 0.416. The molecule has 0 spiro atoms. The van der Waals surface area contributed by atoms with E-state index in [1.165, 1.54) is 0 Å². The first-order valence-corrected chi connectivity index (χ1v) is 9.83. The molecule has 1 N–H and O–H groups in total. The fourth-order valence-corrected chi connectivity index (χ4v) is 5.42. The third-order valence-electron chi connectivity index (χ3n) is 3.88. The van der Waals surface area contributed by atoms with Crippen molar-refractivity contribution >= 4 is 21.8 Å². The molecule has 21 heavy (non-hydrogen) atoms. The summed E-state index contributed by atoms with van der Waals surface area (Å²) in [7, 11) is -1.50. The van der Waals surface area contributed by atoms with Gasteiger partial charge in [0.05, 0.1) is 4.90 Å². The Morgan fingerprint density at radius 1 is 1.43 bits per heavy atom. The summed E-state index contributed by atoms with van der Waals surface area (Å²) in [5, 5.41) is 3.50. The Hall–Kier alpha value is -0.560. The summed E-state index contributed by atoms with van der Waals surface area (Å²) in [4.78, 5) is 0.417. The quantitative estimate of drug-likeness (QED) is 0.900. The van der Waals surface area contributed by atoms with E-state index in [1.807, 2.05) is 37.9 Å². The third-order valence-corrected chi connectivity index (χ3v) is 7.12. The second-order valence-electron chi connectivity index (χ2n) is 5.38. The zero-order chi connectivity index (χ0) is 15.5. The van der Waals surface area contributed by atoms with Crippen LogP contribution in [0.25, 0.3) is 0 Å². The summed E-state index contributed by atoms with van der Waals surface area (Å²) in [5.41, 5.74) is 2.15. The van der Waals surface area contributed by atoms with E-state index in [1.54, 1.807) is 10.4 Å². The number of hydrogen-bond acceptors (Lipinski definition) is 4. The molecule has 118 valence electrons. The van der Waals surface area contributed by atoms with Crippen LogP contribution in [0.4, 0.5) is 0 Å². The molecule has 1 aliphatic heterocycles. The molecule has 1 aromatic carbocycles. The molecule has 1 heterocycles. The first-order chi connectivity index (χ1) is 9.98. The zero-order valence-electron chi connectivity index (χ0n) is 12.9. The maximum atomic E-state index is 12.8. The number of rotatable bonds is 5. The molecule has 0 aromatic heterocycles. The van der Waals surface area contributed by atoms with Crippen LogP contribution >= 0.6 is 11.8 Å². The van der Waals surface area contributed by atoms with E-state index in [4.69, 9.17) is 0 Å². The fourth-order valence-electron chi connectivity index (χ4n) is 2.50. The molecule has 6 heteroatoms. The lowest BCUT2D eigenvalue weighted by Crippen LogP contribution is -2.41. The SMILES string of the molecule is CCC1CN(S(=O)(=O)c2ccc(C)c(CNC)c2)CCS1. The fraction of sp³-hybridized carbons (Fsp3) is 0.600. The number of thioether (sulfide) groups is 1. The van der Waals surface area contributed by atoms with Gasteiger partial charge < -0.3 is 5.32 Å². The van der Waals surface area contributed by atoms with Crippen LogP contribution in [-0.2, 0) is 16.6 Å². The van der Waals surface area contributed by atoms with Crippen LogP contribution in [0.15, 0.2) is 23.1 Å². The summed E-state index contributed by atoms with van der Waals surface area (Å²) in [6.07, 6.45) is 1.01. The molecule has 1 fully saturated rings. The van der Waals surface area contributed by atoms with Gasteiger partial charge in [-0.3, -0.25) is 0 Å². The van der Waals surface area contributed by atoms with E-state index in [9.17, 15) is 8.42 Å². The summed E-state index contributed by atoms with van der Waals surface area (Å²) in [6.45, 7) is 6.04. The Bertz CT molecular complexity index is 587. The Morgan fingerprint density at radius 3 is 2.86 bits per heavy atom. The van der Waals surface area contributed by atoms with Crippen molar-refractivity contribution in [2.24, 2.45) is 0 Å². The highest BCUT2D eigenvalue weighted by atomic mass is 32.2. The van der Waals surface area contributed by atoms with Crippen LogP contribution in [0.3, 0.4) is 0 Å². The molecule has 1 aliphatic rings. The average molecular weight is 329 g/mol. The van der Waals surface area contributed by atoms with Gasteiger partial charge in [-0.05, 0) is 43.7 Å². The van der Waals surface area contributed by atoms with E-state index in [0.717, 1.165) is 23.3 Å². The molecule has 1 atom stereocenters. The number of hydrogen-bond donors (Lipinski definition) is 1. The van der Waals surface area contributed by atoms with Gasteiger partial charge in [-0.15, -0.1) is 0 Å². The van der Waals surface area contributed by atoms with Gasteiger partial charge in [0.1, 0.15) is 0 Å². The number of sulfonamides is 1. The van der Waals surface area contributed by atoms with Crippen molar-refractivity contribution in [2.75, 3.05) is 25.9 Å². The topological polar surface area (TPSA) is 49.4 Å². The van der Waals surface area contributed by atoms with Gasteiger partial charge in [0.25, 0.3) is 0 Å². The molecule has 0 bridgehead atoms. The molecule has 2 rings (SSSR count). The van der Waals surface area contributed by atoms with Crippen molar-refractivity contribution in [1.29, 1.82) is 0 Å². The predicted octanol–water partition coefficient (Wildman–Crippen LogP) is 2.23. The molecule has 1 unspecified atom stereocenters. The van der Waals surface area contributed by atoms with Crippen molar-refractivity contribution in [3.05, 3.63) is 29.3 Å². The second kappa shape index (κ2) is 7.13. The van der Waals surface area contributed by atoms with Crippen LogP contribution in [0.2, 0.25) is 0 Å². The molecule has 1 saturated heterocycles. The van der Waals surface area contributed by atoms with Gasteiger partial charge >= 0.3 is 0 Å². The molecule has 0 aliphatic carbocycles. The van der Waals surface area contributed by atoms with Crippen molar-refractivity contribution in [2.45, 2.75) is 37.0 Å². The van der Waals surface area contributed by atoms with Crippen molar-refractivity contribution in [1.82, 2.24) is 9.62 Å². The Balaban J connectivity index is 2.28. The summed E-state index contributed by atoms with van der Waals surface area (Å²) in [6, 6.07) is 5.44. The zero-order valence-corrected chi connectivity index (χ0v) is 14.6. The standard InChI is InChI=1S/C15H24N2O2S2/c1-4-14-11-17(7-8-20-14)21(18,19)15-6-5-12(2)13(9-15)10-16-3/h5-6,9,14,16H,4,7-8,10-11H2,1-3H3. The van der Waals surface area contributed by atoms with E-state index in [0.29, 0.717) is 29.8 Å². The van der Waals surface area contributed by atoms with Crippen molar-refractivity contribution < 1.29 is 8.42 Å². The van der Waals surface area contributed by atoms with Crippen LogP contribution < -0.4 is 5.32 Å². The highest BCUT2D eigenvalue weighted by Crippen LogP contribution is 2.27. The van der Waals surface area contributed by atoms with Gasteiger partial charge in [-0.1, -0.05) is 13.0 Å². The molecular formula is C15H24N2O2S2. The number of benzene rings is 1. The van der Waals surface area contributed by atoms with E-state index in [-0.39, 0.29) is 0 Å². The minimum Gasteiger partial charge on any atom is -0.316 e. The molecule has 4 nitrogen and oxygen atoms in total.